The maximum absolute atomic E-state index is 5.43. The van der Waals surface area contributed by atoms with Crippen LogP contribution in [0.2, 0.25) is 0 Å². The van der Waals surface area contributed by atoms with Crippen molar-refractivity contribution in [2.45, 2.75) is 0 Å². The molecule has 1 nitrogen and oxygen atoms in total. The van der Waals surface area contributed by atoms with Gasteiger partial charge >= 0.3 is 0 Å². The Morgan fingerprint density at radius 2 is 1.00 bits per heavy atom. The summed E-state index contributed by atoms with van der Waals surface area (Å²) in [7, 11) is 0. The van der Waals surface area contributed by atoms with E-state index >= 15 is 0 Å². The molecule has 0 spiro atoms. The number of fused-ring (bicyclic) bond motifs is 1. The Hall–Kier alpha value is -1.76. The molecular weight excluding hydrogens is 158 g/mol. The first-order valence-corrected chi connectivity index (χ1v) is 4.28. The molecule has 0 aromatic heterocycles. The van der Waals surface area contributed by atoms with E-state index in [2.05, 4.69) is 0 Å². The summed E-state index contributed by atoms with van der Waals surface area (Å²) < 4.78 is 0. The van der Waals surface area contributed by atoms with Crippen LogP contribution in [0.25, 0.3) is 11.1 Å². The Bertz CT molecular complexity index is 346. The van der Waals surface area contributed by atoms with Gasteiger partial charge in [0.1, 0.15) is 0 Å². The molecule has 2 N–H and O–H groups in total. The van der Waals surface area contributed by atoms with Gasteiger partial charge in [-0.25, -0.2) is 0 Å². The van der Waals surface area contributed by atoms with Crippen molar-refractivity contribution in [2.75, 3.05) is 5.73 Å². The number of hydrogen-bond donors (Lipinski definition) is 1. The molecule has 0 aliphatic heterocycles. The van der Waals surface area contributed by atoms with Crippen molar-refractivity contribution in [3.63, 3.8) is 0 Å². The lowest BCUT2D eigenvalue weighted by molar-refractivity contribution is 1.72. The first-order chi connectivity index (χ1) is 6.39. The second kappa shape index (κ2) is 3.31. The van der Waals surface area contributed by atoms with Crippen molar-refractivity contribution < 1.29 is 0 Å². The summed E-state index contributed by atoms with van der Waals surface area (Å²) >= 11 is 0. The van der Waals surface area contributed by atoms with Crippen LogP contribution in [0.4, 0.5) is 5.69 Å². The quantitative estimate of drug-likeness (QED) is 0.514. The summed E-state index contributed by atoms with van der Waals surface area (Å²) in [4.78, 5) is 0. The zero-order chi connectivity index (χ0) is 9.10. The van der Waals surface area contributed by atoms with Gasteiger partial charge in [-0.3, -0.25) is 0 Å². The fraction of sp³-hybridized carbons (Fsp3) is 0. The van der Waals surface area contributed by atoms with Crippen LogP contribution in [0.3, 0.4) is 0 Å². The smallest absolute Gasteiger partial charge is 0.0474 e. The van der Waals surface area contributed by atoms with E-state index in [1.54, 1.807) is 0 Å². The molecular formula is C12H11N. The third-order valence-electron chi connectivity index (χ3n) is 2.00. The van der Waals surface area contributed by atoms with E-state index in [0.717, 1.165) is 5.69 Å². The molecule has 0 fully saturated rings. The number of benzene rings is 2. The Morgan fingerprint density at radius 3 is 1.23 bits per heavy atom. The molecule has 13 heavy (non-hydrogen) atoms. The zero-order valence-electron chi connectivity index (χ0n) is 7.27. The molecule has 1 aromatic rings. The van der Waals surface area contributed by atoms with Gasteiger partial charge in [-0.15, -0.1) is 0 Å². The molecule has 0 amide bonds. The number of para-hydroxylation sites is 1. The van der Waals surface area contributed by atoms with Crippen molar-refractivity contribution >= 4 is 5.69 Å². The molecule has 0 unspecified atom stereocenters. The zero-order valence-corrected chi connectivity index (χ0v) is 7.27. The van der Waals surface area contributed by atoms with Crippen LogP contribution in [0.1, 0.15) is 0 Å². The van der Waals surface area contributed by atoms with Crippen LogP contribution in [0.15, 0.2) is 54.6 Å². The molecule has 2 aliphatic rings. The number of nitrogens with two attached hydrogens (primary N) is 1. The molecule has 64 valence electrons. The minimum atomic E-state index is 0.988. The van der Waals surface area contributed by atoms with Gasteiger partial charge in [0.15, 0.2) is 0 Å². The molecule has 3 rings (SSSR count). The Balaban J connectivity index is 0.000000102. The summed E-state index contributed by atoms with van der Waals surface area (Å²) in [5.41, 5.74) is 8.92. The van der Waals surface area contributed by atoms with Crippen molar-refractivity contribution in [1.82, 2.24) is 0 Å². The van der Waals surface area contributed by atoms with Crippen LogP contribution < -0.4 is 5.73 Å². The highest BCUT2D eigenvalue weighted by Gasteiger charge is 2.18. The van der Waals surface area contributed by atoms with Crippen LogP contribution in [0, 0.1) is 0 Å². The number of hydrogen-bond acceptors (Lipinski definition) is 1. The number of anilines is 1. The Morgan fingerprint density at radius 1 is 0.615 bits per heavy atom. The van der Waals surface area contributed by atoms with Gasteiger partial charge in [0.2, 0.25) is 0 Å². The maximum atomic E-state index is 5.43. The van der Waals surface area contributed by atoms with Crippen molar-refractivity contribution in [2.24, 2.45) is 0 Å². The average Bonchev–Trinajstić information content (AvgIpc) is 2.69. The standard InChI is InChI=1S/C6H5N.C6H6/c7-6-4-2-1-3-5(4)6;1-2-4-6-5-3-1/h1-3H,7H2;1-6H. The van der Waals surface area contributed by atoms with E-state index in [4.69, 9.17) is 5.73 Å². The lowest BCUT2D eigenvalue weighted by atomic mass is 10.4. The van der Waals surface area contributed by atoms with Gasteiger partial charge < -0.3 is 5.73 Å². The van der Waals surface area contributed by atoms with Gasteiger partial charge in [0.05, 0.1) is 0 Å². The summed E-state index contributed by atoms with van der Waals surface area (Å²) in [6.07, 6.45) is 0. The highest BCUT2D eigenvalue weighted by atomic mass is 14.6. The normalized spacial score (nSPS) is 9.85. The lowest BCUT2D eigenvalue weighted by Gasteiger charge is -1.69. The summed E-state index contributed by atoms with van der Waals surface area (Å²) in [6.45, 7) is 0. The molecule has 0 saturated heterocycles. The predicted octanol–water partition coefficient (Wildman–Crippen LogP) is 2.94. The lowest BCUT2D eigenvalue weighted by Crippen LogP contribution is -1.67. The second-order valence-electron chi connectivity index (χ2n) is 2.92. The first kappa shape index (κ1) is 7.87. The minimum Gasteiger partial charge on any atom is -0.398 e. The molecule has 0 bridgehead atoms. The van der Waals surface area contributed by atoms with Gasteiger partial charge in [-0.2, -0.15) is 0 Å². The van der Waals surface area contributed by atoms with E-state index in [-0.39, 0.29) is 0 Å². The van der Waals surface area contributed by atoms with E-state index in [9.17, 15) is 0 Å². The minimum absolute atomic E-state index is 0.988. The molecule has 2 aliphatic carbocycles. The summed E-state index contributed by atoms with van der Waals surface area (Å²) in [6, 6.07) is 18.1. The fourth-order valence-corrected chi connectivity index (χ4v) is 1.22. The Kier molecular flexibility index (Phi) is 2.01. The maximum Gasteiger partial charge on any atom is 0.0474 e. The van der Waals surface area contributed by atoms with E-state index < -0.39 is 0 Å². The van der Waals surface area contributed by atoms with Crippen molar-refractivity contribution in [3.8, 4) is 11.1 Å². The van der Waals surface area contributed by atoms with Crippen molar-refractivity contribution in [3.05, 3.63) is 54.6 Å². The van der Waals surface area contributed by atoms with Crippen LogP contribution in [0.5, 0.6) is 0 Å². The predicted molar refractivity (Wildman–Crippen MR) is 56.3 cm³/mol. The highest BCUT2D eigenvalue weighted by molar-refractivity contribution is 6.02. The van der Waals surface area contributed by atoms with E-state index in [1.807, 2.05) is 54.6 Å². The van der Waals surface area contributed by atoms with Gasteiger partial charge in [0.25, 0.3) is 0 Å². The van der Waals surface area contributed by atoms with Crippen LogP contribution in [-0.2, 0) is 0 Å². The molecule has 1 heteroatoms. The summed E-state index contributed by atoms with van der Waals surface area (Å²) in [5.74, 6) is 0. The topological polar surface area (TPSA) is 26.0 Å². The van der Waals surface area contributed by atoms with Gasteiger partial charge in [-0.05, 0) is 0 Å². The monoisotopic (exact) mass is 169 g/mol. The molecule has 0 heterocycles. The molecule has 0 saturated carbocycles. The summed E-state index contributed by atoms with van der Waals surface area (Å²) in [5, 5.41) is 0. The van der Waals surface area contributed by atoms with Gasteiger partial charge in [0, 0.05) is 16.8 Å². The fourth-order valence-electron chi connectivity index (χ4n) is 1.22. The SMILES string of the molecule is Nc1c2cccc1-2.c1ccccc1. The van der Waals surface area contributed by atoms with E-state index in [0.29, 0.717) is 0 Å². The second-order valence-corrected chi connectivity index (χ2v) is 2.92. The van der Waals surface area contributed by atoms with Crippen LogP contribution in [-0.4, -0.2) is 0 Å². The Labute approximate surface area is 77.8 Å². The average molecular weight is 169 g/mol. The molecule has 1 aromatic carbocycles. The van der Waals surface area contributed by atoms with Crippen molar-refractivity contribution in [1.29, 1.82) is 0 Å². The van der Waals surface area contributed by atoms with E-state index in [1.165, 1.54) is 11.1 Å². The third kappa shape index (κ3) is 1.70. The largest absolute Gasteiger partial charge is 0.398 e. The molecule has 0 radical (unpaired) electrons. The molecule has 0 atom stereocenters. The van der Waals surface area contributed by atoms with Gasteiger partial charge in [-0.1, -0.05) is 54.6 Å². The third-order valence-corrected chi connectivity index (χ3v) is 2.00. The van der Waals surface area contributed by atoms with Crippen LogP contribution >= 0.6 is 0 Å². The first-order valence-electron chi connectivity index (χ1n) is 4.28. The highest BCUT2D eigenvalue weighted by Crippen LogP contribution is 2.45. The number of rotatable bonds is 0. The number of nitrogen functional groups attached to an aromatic ring is 1.